The van der Waals surface area contributed by atoms with Crippen LogP contribution in [0, 0.1) is 0 Å². The van der Waals surface area contributed by atoms with Gasteiger partial charge in [-0.3, -0.25) is 9.11 Å². The van der Waals surface area contributed by atoms with Crippen molar-refractivity contribution in [3.63, 3.8) is 0 Å². The topological polar surface area (TPSA) is 110 Å². The minimum atomic E-state index is -4.67. The molecular weight excluding hydrogens is 193 g/mol. The first-order chi connectivity index (χ1) is 2.00. The summed E-state index contributed by atoms with van der Waals surface area (Å²) in [6.07, 6.45) is 0. The Balaban J connectivity index is -0.0000000267. The SMILES string of the molecule is N.O=S(=O)(O)O.[Co].[MgH2]. The van der Waals surface area contributed by atoms with E-state index in [1.165, 1.54) is 0 Å². The largest absolute Gasteiger partial charge is 0.394 e. The summed E-state index contributed by atoms with van der Waals surface area (Å²) in [6.45, 7) is 0. The molecule has 0 unspecified atom stereocenters. The van der Waals surface area contributed by atoms with E-state index < -0.39 is 10.4 Å². The Kier molecular flexibility index (Phi) is 23.2. The second kappa shape index (κ2) is 8.10. The van der Waals surface area contributed by atoms with Gasteiger partial charge in [0.05, 0.1) is 0 Å². The van der Waals surface area contributed by atoms with Crippen molar-refractivity contribution >= 4 is 33.5 Å². The number of hydrogen-bond donors (Lipinski definition) is 3. The summed E-state index contributed by atoms with van der Waals surface area (Å²) < 4.78 is 31.6. The molecule has 0 aliphatic heterocycles. The molecule has 0 amide bonds. The van der Waals surface area contributed by atoms with Crippen LogP contribution in [0.25, 0.3) is 0 Å². The maximum absolute atomic E-state index is 8.74. The average Bonchev–Trinajstić information content (AvgIpc) is 0.722. The summed E-state index contributed by atoms with van der Waals surface area (Å²) in [5.41, 5.74) is 0. The van der Waals surface area contributed by atoms with Crippen molar-refractivity contribution in [1.29, 1.82) is 0 Å². The molecule has 0 spiro atoms. The van der Waals surface area contributed by atoms with E-state index in [4.69, 9.17) is 17.5 Å². The van der Waals surface area contributed by atoms with E-state index in [0.29, 0.717) is 0 Å². The second-order valence-electron chi connectivity index (χ2n) is 0.448. The average molecular weight is 200 g/mol. The molecule has 0 saturated carbocycles. The molecule has 0 bridgehead atoms. The van der Waals surface area contributed by atoms with E-state index in [2.05, 4.69) is 0 Å². The Hall–Kier alpha value is 1.10. The standard InChI is InChI=1S/Co.Mg.H3N.H2O4S.2H/c;;;1-5(2,3)4;;/h;;1H3;(H2,1,2,3,4);;. The zero-order valence-electron chi connectivity index (χ0n) is 3.16. The Morgan fingerprint density at radius 1 is 1.12 bits per heavy atom. The van der Waals surface area contributed by atoms with Crippen LogP contribution >= 0.6 is 0 Å². The van der Waals surface area contributed by atoms with Crippen LogP contribution in [0.15, 0.2) is 0 Å². The minimum Gasteiger partial charge on any atom is -0.344 e. The molecule has 0 atom stereocenters. The van der Waals surface area contributed by atoms with Gasteiger partial charge in [0.1, 0.15) is 0 Å². The van der Waals surface area contributed by atoms with Gasteiger partial charge in [-0.05, 0) is 0 Å². The fourth-order valence-corrected chi connectivity index (χ4v) is 0. The van der Waals surface area contributed by atoms with Gasteiger partial charge >= 0.3 is 33.5 Å². The predicted octanol–water partition coefficient (Wildman–Crippen LogP) is -1.41. The first-order valence-electron chi connectivity index (χ1n) is 0.698. The summed E-state index contributed by atoms with van der Waals surface area (Å²) in [6, 6.07) is 0. The van der Waals surface area contributed by atoms with E-state index >= 15 is 0 Å². The van der Waals surface area contributed by atoms with Gasteiger partial charge in [0, 0.05) is 16.8 Å². The molecule has 5 nitrogen and oxygen atoms in total. The maximum atomic E-state index is 8.74. The molecule has 0 aromatic carbocycles. The molecule has 0 aromatic heterocycles. The fourth-order valence-electron chi connectivity index (χ4n) is 0. The molecule has 8 heavy (non-hydrogen) atoms. The van der Waals surface area contributed by atoms with Gasteiger partial charge in [0.2, 0.25) is 0 Å². The Morgan fingerprint density at radius 3 is 1.12 bits per heavy atom. The van der Waals surface area contributed by atoms with Crippen molar-refractivity contribution in [2.45, 2.75) is 0 Å². The van der Waals surface area contributed by atoms with Crippen molar-refractivity contribution in [2.24, 2.45) is 0 Å². The Bertz CT molecular complexity index is 99.2. The van der Waals surface area contributed by atoms with Crippen LogP contribution in [0.4, 0.5) is 0 Å². The van der Waals surface area contributed by atoms with Crippen LogP contribution in [-0.2, 0) is 27.2 Å². The Morgan fingerprint density at radius 2 is 1.12 bits per heavy atom. The monoisotopic (exact) mass is 200 g/mol. The Labute approximate surface area is 73.7 Å². The number of hydrogen-bond acceptors (Lipinski definition) is 3. The molecule has 5 N–H and O–H groups in total. The van der Waals surface area contributed by atoms with Crippen LogP contribution in [-0.4, -0.2) is 40.6 Å². The molecular formula is H7CoMgNO4S. The summed E-state index contributed by atoms with van der Waals surface area (Å²) in [5.74, 6) is 0. The molecule has 0 aliphatic carbocycles. The summed E-state index contributed by atoms with van der Waals surface area (Å²) in [7, 11) is -4.67. The van der Waals surface area contributed by atoms with Crippen LogP contribution in [0.5, 0.6) is 0 Å². The summed E-state index contributed by atoms with van der Waals surface area (Å²) in [4.78, 5) is 0. The van der Waals surface area contributed by atoms with E-state index in [-0.39, 0.29) is 46.0 Å². The molecule has 0 aliphatic rings. The molecule has 0 fully saturated rings. The van der Waals surface area contributed by atoms with Gasteiger partial charge in [0.15, 0.2) is 0 Å². The smallest absolute Gasteiger partial charge is 0.344 e. The first kappa shape index (κ1) is 23.0. The van der Waals surface area contributed by atoms with E-state index in [1.807, 2.05) is 0 Å². The van der Waals surface area contributed by atoms with Gasteiger partial charge in [-0.1, -0.05) is 0 Å². The van der Waals surface area contributed by atoms with Gasteiger partial charge in [-0.15, -0.1) is 0 Å². The van der Waals surface area contributed by atoms with E-state index in [0.717, 1.165) is 0 Å². The van der Waals surface area contributed by atoms with E-state index in [9.17, 15) is 0 Å². The third-order valence-electron chi connectivity index (χ3n) is 0. The van der Waals surface area contributed by atoms with Gasteiger partial charge in [-0.25, -0.2) is 0 Å². The van der Waals surface area contributed by atoms with Gasteiger partial charge in [-0.2, -0.15) is 8.42 Å². The molecule has 0 aromatic rings. The third kappa shape index (κ3) is 218. The zero-order chi connectivity index (χ0) is 4.50. The van der Waals surface area contributed by atoms with Crippen molar-refractivity contribution in [1.82, 2.24) is 6.15 Å². The quantitative estimate of drug-likeness (QED) is 0.329. The summed E-state index contributed by atoms with van der Waals surface area (Å²) >= 11 is 0. The molecule has 1 radical (unpaired) electrons. The first-order valence-corrected chi connectivity index (χ1v) is 2.10. The zero-order valence-corrected chi connectivity index (χ0v) is 5.02. The van der Waals surface area contributed by atoms with Crippen LogP contribution in [0.3, 0.4) is 0 Å². The number of rotatable bonds is 0. The normalized spacial score (nSPS) is 7.25. The van der Waals surface area contributed by atoms with Crippen molar-refractivity contribution < 1.29 is 34.3 Å². The maximum Gasteiger partial charge on any atom is 0.394 e. The van der Waals surface area contributed by atoms with Crippen molar-refractivity contribution in [3.8, 4) is 0 Å². The minimum absolute atomic E-state index is 0. The third-order valence-corrected chi connectivity index (χ3v) is 0. The van der Waals surface area contributed by atoms with Gasteiger partial charge < -0.3 is 6.15 Å². The molecule has 0 rings (SSSR count). The second-order valence-corrected chi connectivity index (χ2v) is 1.34. The molecule has 0 saturated heterocycles. The fraction of sp³-hybridized carbons (Fsp3) is 0. The predicted molar refractivity (Wildman–Crippen MR) is 27.7 cm³/mol. The molecule has 53 valence electrons. The van der Waals surface area contributed by atoms with Gasteiger partial charge in [0.25, 0.3) is 0 Å². The van der Waals surface area contributed by atoms with Crippen molar-refractivity contribution in [2.75, 3.05) is 0 Å². The molecule has 8 heteroatoms. The van der Waals surface area contributed by atoms with Crippen molar-refractivity contribution in [3.05, 3.63) is 0 Å². The summed E-state index contributed by atoms with van der Waals surface area (Å²) in [5, 5.41) is 0. The van der Waals surface area contributed by atoms with Crippen LogP contribution < -0.4 is 6.15 Å². The molecule has 0 heterocycles. The van der Waals surface area contributed by atoms with E-state index in [1.54, 1.807) is 0 Å². The van der Waals surface area contributed by atoms with Crippen LogP contribution in [0.1, 0.15) is 0 Å². The van der Waals surface area contributed by atoms with Crippen LogP contribution in [0.2, 0.25) is 0 Å².